The van der Waals surface area contributed by atoms with Gasteiger partial charge < -0.3 is 10.6 Å². The van der Waals surface area contributed by atoms with Gasteiger partial charge in [-0.3, -0.25) is 4.79 Å². The van der Waals surface area contributed by atoms with Gasteiger partial charge in [0.25, 0.3) is 0 Å². The minimum atomic E-state index is 0.228. The summed E-state index contributed by atoms with van der Waals surface area (Å²) in [5, 5.41) is 0. The number of hydrogen-bond acceptors (Lipinski definition) is 2. The summed E-state index contributed by atoms with van der Waals surface area (Å²) < 4.78 is 0. The summed E-state index contributed by atoms with van der Waals surface area (Å²) in [6.45, 7) is 8.13. The van der Waals surface area contributed by atoms with E-state index >= 15 is 0 Å². The molecule has 2 atom stereocenters. The summed E-state index contributed by atoms with van der Waals surface area (Å²) in [5.74, 6) is 1.17. The Morgan fingerprint density at radius 3 is 2.63 bits per heavy atom. The molecule has 0 radical (unpaired) electrons. The Morgan fingerprint density at radius 1 is 1.32 bits per heavy atom. The van der Waals surface area contributed by atoms with Gasteiger partial charge in [0.15, 0.2) is 0 Å². The second kappa shape index (κ2) is 8.57. The van der Waals surface area contributed by atoms with Gasteiger partial charge >= 0.3 is 0 Å². The van der Waals surface area contributed by atoms with Crippen molar-refractivity contribution in [2.75, 3.05) is 13.1 Å². The van der Waals surface area contributed by atoms with Crippen molar-refractivity contribution in [1.82, 2.24) is 4.90 Å². The van der Waals surface area contributed by atoms with Crippen LogP contribution < -0.4 is 5.73 Å². The van der Waals surface area contributed by atoms with E-state index in [1.807, 2.05) is 0 Å². The quantitative estimate of drug-likeness (QED) is 0.721. The molecule has 112 valence electrons. The van der Waals surface area contributed by atoms with E-state index in [1.54, 1.807) is 0 Å². The fraction of sp³-hybridized carbons (Fsp3) is 0.938. The maximum atomic E-state index is 12.7. The predicted molar refractivity (Wildman–Crippen MR) is 80.9 cm³/mol. The molecule has 0 heterocycles. The van der Waals surface area contributed by atoms with Gasteiger partial charge in [-0.05, 0) is 52.0 Å². The Hall–Kier alpha value is -0.570. The lowest BCUT2D eigenvalue weighted by Gasteiger charge is -2.34. The molecule has 0 aromatic carbocycles. The zero-order chi connectivity index (χ0) is 14.3. The van der Waals surface area contributed by atoms with Crippen molar-refractivity contribution >= 4 is 5.91 Å². The number of nitrogens with zero attached hydrogens (tertiary/aromatic N) is 1. The molecule has 3 nitrogen and oxygen atoms in total. The average molecular weight is 268 g/mol. The second-order valence-electron chi connectivity index (χ2n) is 6.30. The summed E-state index contributed by atoms with van der Waals surface area (Å²) in [7, 11) is 0. The molecule has 1 saturated carbocycles. The third-order valence-electron chi connectivity index (χ3n) is 4.37. The molecule has 0 aromatic rings. The third kappa shape index (κ3) is 5.13. The SMILES string of the molecule is CCCCCN(C(=O)C1CCCC(CN)C1)C(C)C. The third-order valence-corrected chi connectivity index (χ3v) is 4.37. The van der Waals surface area contributed by atoms with Crippen molar-refractivity contribution in [2.45, 2.75) is 71.8 Å². The lowest BCUT2D eigenvalue weighted by atomic mass is 9.80. The van der Waals surface area contributed by atoms with E-state index in [0.717, 1.165) is 32.4 Å². The molecular weight excluding hydrogens is 236 g/mol. The van der Waals surface area contributed by atoms with Crippen LogP contribution in [0, 0.1) is 11.8 Å². The lowest BCUT2D eigenvalue weighted by molar-refractivity contribution is -0.139. The van der Waals surface area contributed by atoms with Gasteiger partial charge in [0.05, 0.1) is 0 Å². The van der Waals surface area contributed by atoms with Gasteiger partial charge in [-0.25, -0.2) is 0 Å². The molecule has 1 amide bonds. The Morgan fingerprint density at radius 2 is 2.05 bits per heavy atom. The molecular formula is C16H32N2O. The van der Waals surface area contributed by atoms with Crippen LogP contribution in [0.15, 0.2) is 0 Å². The van der Waals surface area contributed by atoms with Crippen LogP contribution in [0.5, 0.6) is 0 Å². The van der Waals surface area contributed by atoms with E-state index in [1.165, 1.54) is 25.7 Å². The van der Waals surface area contributed by atoms with Crippen LogP contribution in [-0.4, -0.2) is 29.9 Å². The largest absolute Gasteiger partial charge is 0.340 e. The van der Waals surface area contributed by atoms with Crippen molar-refractivity contribution in [2.24, 2.45) is 17.6 Å². The molecule has 0 aromatic heterocycles. The highest BCUT2D eigenvalue weighted by Crippen LogP contribution is 2.30. The number of carbonyl (C=O) groups excluding carboxylic acids is 1. The highest BCUT2D eigenvalue weighted by atomic mass is 16.2. The summed E-state index contributed by atoms with van der Waals surface area (Å²) in [4.78, 5) is 14.8. The molecule has 0 bridgehead atoms. The minimum absolute atomic E-state index is 0.228. The highest BCUT2D eigenvalue weighted by Gasteiger charge is 2.30. The first-order valence-corrected chi connectivity index (χ1v) is 8.10. The molecule has 0 spiro atoms. The number of carbonyl (C=O) groups is 1. The normalized spacial score (nSPS) is 23.6. The molecule has 0 aliphatic heterocycles. The van der Waals surface area contributed by atoms with E-state index in [4.69, 9.17) is 5.73 Å². The smallest absolute Gasteiger partial charge is 0.225 e. The Balaban J connectivity index is 2.54. The Kier molecular flexibility index (Phi) is 7.44. The first-order valence-electron chi connectivity index (χ1n) is 8.10. The van der Waals surface area contributed by atoms with Gasteiger partial charge in [-0.2, -0.15) is 0 Å². The number of rotatable bonds is 7. The van der Waals surface area contributed by atoms with Gasteiger partial charge in [-0.1, -0.05) is 26.2 Å². The minimum Gasteiger partial charge on any atom is -0.340 e. The molecule has 3 heteroatoms. The van der Waals surface area contributed by atoms with E-state index in [-0.39, 0.29) is 5.92 Å². The molecule has 1 fully saturated rings. The van der Waals surface area contributed by atoms with E-state index in [0.29, 0.717) is 17.9 Å². The van der Waals surface area contributed by atoms with Gasteiger partial charge in [0.1, 0.15) is 0 Å². The van der Waals surface area contributed by atoms with E-state index in [9.17, 15) is 4.79 Å². The highest BCUT2D eigenvalue weighted by molar-refractivity contribution is 5.79. The number of amides is 1. The molecule has 1 rings (SSSR count). The fourth-order valence-corrected chi connectivity index (χ4v) is 3.12. The first kappa shape index (κ1) is 16.5. The van der Waals surface area contributed by atoms with E-state index < -0.39 is 0 Å². The van der Waals surface area contributed by atoms with Crippen LogP contribution in [0.1, 0.15) is 65.7 Å². The van der Waals surface area contributed by atoms with Crippen LogP contribution in [0.3, 0.4) is 0 Å². The summed E-state index contributed by atoms with van der Waals surface area (Å²) >= 11 is 0. The van der Waals surface area contributed by atoms with Crippen molar-refractivity contribution < 1.29 is 4.79 Å². The van der Waals surface area contributed by atoms with Crippen molar-refractivity contribution in [3.63, 3.8) is 0 Å². The summed E-state index contributed by atoms with van der Waals surface area (Å²) in [6.07, 6.45) is 7.99. The van der Waals surface area contributed by atoms with Gasteiger partial charge in [0.2, 0.25) is 5.91 Å². The second-order valence-corrected chi connectivity index (χ2v) is 6.30. The topological polar surface area (TPSA) is 46.3 Å². The number of unbranched alkanes of at least 4 members (excludes halogenated alkanes) is 2. The van der Waals surface area contributed by atoms with Crippen LogP contribution in [0.4, 0.5) is 0 Å². The maximum absolute atomic E-state index is 12.7. The molecule has 0 saturated heterocycles. The van der Waals surface area contributed by atoms with Crippen molar-refractivity contribution in [1.29, 1.82) is 0 Å². The monoisotopic (exact) mass is 268 g/mol. The van der Waals surface area contributed by atoms with E-state index in [2.05, 4.69) is 25.7 Å². The van der Waals surface area contributed by atoms with Crippen LogP contribution in [0.25, 0.3) is 0 Å². The zero-order valence-electron chi connectivity index (χ0n) is 13.0. The average Bonchev–Trinajstić information content (AvgIpc) is 2.42. The van der Waals surface area contributed by atoms with Crippen LogP contribution in [0.2, 0.25) is 0 Å². The summed E-state index contributed by atoms with van der Waals surface area (Å²) in [6, 6.07) is 0.322. The molecule has 1 aliphatic carbocycles. The molecule has 2 N–H and O–H groups in total. The Bertz CT molecular complexity index is 265. The van der Waals surface area contributed by atoms with Crippen LogP contribution >= 0.6 is 0 Å². The number of hydrogen-bond donors (Lipinski definition) is 1. The number of nitrogens with two attached hydrogens (primary N) is 1. The van der Waals surface area contributed by atoms with Gasteiger partial charge in [-0.15, -0.1) is 0 Å². The zero-order valence-corrected chi connectivity index (χ0v) is 13.0. The lowest BCUT2D eigenvalue weighted by Crippen LogP contribution is -2.43. The van der Waals surface area contributed by atoms with Crippen molar-refractivity contribution in [3.8, 4) is 0 Å². The fourth-order valence-electron chi connectivity index (χ4n) is 3.12. The van der Waals surface area contributed by atoms with Crippen molar-refractivity contribution in [3.05, 3.63) is 0 Å². The molecule has 19 heavy (non-hydrogen) atoms. The first-order chi connectivity index (χ1) is 9.10. The van der Waals surface area contributed by atoms with Gasteiger partial charge in [0, 0.05) is 18.5 Å². The predicted octanol–water partition coefficient (Wildman–Crippen LogP) is 3.18. The van der Waals surface area contributed by atoms with Crippen LogP contribution in [-0.2, 0) is 4.79 Å². The molecule has 2 unspecified atom stereocenters. The molecule has 1 aliphatic rings. The Labute approximate surface area is 118 Å². The maximum Gasteiger partial charge on any atom is 0.225 e. The summed E-state index contributed by atoms with van der Waals surface area (Å²) in [5.41, 5.74) is 5.77. The standard InChI is InChI=1S/C16H32N2O/c1-4-5-6-10-18(13(2)3)16(19)15-9-7-8-14(11-15)12-17/h13-15H,4-12,17H2,1-3H3.